The zero-order valence-electron chi connectivity index (χ0n) is 11.1. The Labute approximate surface area is 117 Å². The molecule has 0 saturated heterocycles. The Balaban J connectivity index is 2.47. The molecule has 0 N–H and O–H groups in total. The van der Waals surface area contributed by atoms with E-state index < -0.39 is 16.0 Å². The molecule has 0 bridgehead atoms. The van der Waals surface area contributed by atoms with Crippen LogP contribution in [0.2, 0.25) is 0 Å². The van der Waals surface area contributed by atoms with Gasteiger partial charge in [0.1, 0.15) is 6.73 Å². The molecule has 0 aliphatic rings. The number of esters is 1. The number of hydrogen-bond acceptors (Lipinski definition) is 4. The molecule has 0 amide bonds. The van der Waals surface area contributed by atoms with Gasteiger partial charge in [0.2, 0.25) is 0 Å². The molecule has 1 heterocycles. The van der Waals surface area contributed by atoms with Gasteiger partial charge in [-0.25, -0.2) is 19.5 Å². The van der Waals surface area contributed by atoms with Crippen LogP contribution in [0.4, 0.5) is 0 Å². The van der Waals surface area contributed by atoms with E-state index in [1.165, 1.54) is 7.11 Å². The van der Waals surface area contributed by atoms with Crippen molar-refractivity contribution in [3.05, 3.63) is 16.4 Å². The normalized spacial score (nSPS) is 12.5. The van der Waals surface area contributed by atoms with Crippen molar-refractivity contribution in [3.63, 3.8) is 0 Å². The van der Waals surface area contributed by atoms with Crippen LogP contribution in [0.3, 0.4) is 0 Å². The standard InChI is InChI=1S/C11H19BrN2O3S/c1-16-11(15)10-9(12)7-14(13-10)8-17-5-6-18(2,3)4/h7H,5-6,8H2,1-4H3. The van der Waals surface area contributed by atoms with Gasteiger partial charge in [-0.05, 0) is 34.7 Å². The predicted molar refractivity (Wildman–Crippen MR) is 77.4 cm³/mol. The summed E-state index contributed by atoms with van der Waals surface area (Å²) in [6, 6.07) is 0. The molecule has 7 heteroatoms. The van der Waals surface area contributed by atoms with E-state index in [-0.39, 0.29) is 5.69 Å². The highest BCUT2D eigenvalue weighted by atomic mass is 79.9. The number of nitrogens with zero attached hydrogens (tertiary/aromatic N) is 2. The fourth-order valence-corrected chi connectivity index (χ4v) is 2.26. The quantitative estimate of drug-likeness (QED) is 0.588. The monoisotopic (exact) mass is 338 g/mol. The Hall–Kier alpha value is -0.530. The van der Waals surface area contributed by atoms with Gasteiger partial charge in [-0.3, -0.25) is 0 Å². The largest absolute Gasteiger partial charge is 0.464 e. The lowest BCUT2D eigenvalue weighted by atomic mass is 10.4. The van der Waals surface area contributed by atoms with Crippen LogP contribution < -0.4 is 0 Å². The first kappa shape index (κ1) is 15.5. The van der Waals surface area contributed by atoms with Gasteiger partial charge in [0.05, 0.1) is 18.2 Å². The number of hydrogen-bond donors (Lipinski definition) is 0. The molecule has 0 atom stereocenters. The molecule has 1 aromatic heterocycles. The number of rotatable bonds is 6. The minimum atomic E-state index is -0.537. The van der Waals surface area contributed by atoms with E-state index in [0.29, 0.717) is 17.8 Å². The van der Waals surface area contributed by atoms with Crippen LogP contribution in [0.25, 0.3) is 0 Å². The maximum Gasteiger partial charge on any atom is 0.359 e. The van der Waals surface area contributed by atoms with Gasteiger partial charge in [-0.2, -0.15) is 5.10 Å². The molecule has 5 nitrogen and oxygen atoms in total. The van der Waals surface area contributed by atoms with Crippen molar-refractivity contribution < 1.29 is 14.3 Å². The minimum Gasteiger partial charge on any atom is -0.464 e. The number of aromatic nitrogens is 2. The van der Waals surface area contributed by atoms with Gasteiger partial charge in [0.25, 0.3) is 0 Å². The van der Waals surface area contributed by atoms with Crippen molar-refractivity contribution >= 4 is 31.9 Å². The van der Waals surface area contributed by atoms with Gasteiger partial charge in [0, 0.05) is 11.9 Å². The smallest absolute Gasteiger partial charge is 0.359 e. The van der Waals surface area contributed by atoms with Crippen LogP contribution in [0.5, 0.6) is 0 Å². The number of methoxy groups -OCH3 is 1. The average molecular weight is 339 g/mol. The third-order valence-corrected chi connectivity index (χ3v) is 4.13. The molecule has 104 valence electrons. The number of halogens is 1. The highest BCUT2D eigenvalue weighted by Gasteiger charge is 2.15. The van der Waals surface area contributed by atoms with E-state index in [1.54, 1.807) is 10.9 Å². The Bertz CT molecular complexity index is 415. The third kappa shape index (κ3) is 4.99. The number of ether oxygens (including phenoxy) is 2. The topological polar surface area (TPSA) is 53.3 Å². The molecule has 18 heavy (non-hydrogen) atoms. The number of carbonyl (C=O) groups is 1. The molecule has 0 saturated carbocycles. The van der Waals surface area contributed by atoms with E-state index in [4.69, 9.17) is 4.74 Å². The van der Waals surface area contributed by atoms with Crippen LogP contribution in [0.1, 0.15) is 10.5 Å². The van der Waals surface area contributed by atoms with Crippen LogP contribution in [0, 0.1) is 0 Å². The van der Waals surface area contributed by atoms with Crippen LogP contribution in [0.15, 0.2) is 10.7 Å². The first-order valence-electron chi connectivity index (χ1n) is 5.38. The summed E-state index contributed by atoms with van der Waals surface area (Å²) in [6.45, 7) is 1.04. The van der Waals surface area contributed by atoms with E-state index >= 15 is 0 Å². The first-order chi connectivity index (χ1) is 8.33. The van der Waals surface area contributed by atoms with Crippen LogP contribution in [-0.4, -0.2) is 54.0 Å². The molecule has 1 aromatic rings. The lowest BCUT2D eigenvalue weighted by Gasteiger charge is -2.24. The molecule has 0 unspecified atom stereocenters. The van der Waals surface area contributed by atoms with Crippen molar-refractivity contribution in [1.82, 2.24) is 9.78 Å². The Kier molecular flexibility index (Phi) is 5.68. The molecule has 1 rings (SSSR count). The summed E-state index contributed by atoms with van der Waals surface area (Å²) in [4.78, 5) is 11.3. The summed E-state index contributed by atoms with van der Waals surface area (Å²) in [6.07, 6.45) is 8.44. The molecule has 0 radical (unpaired) electrons. The molecule has 0 aromatic carbocycles. The van der Waals surface area contributed by atoms with Gasteiger partial charge in [-0.15, -0.1) is 0 Å². The van der Waals surface area contributed by atoms with E-state index in [1.807, 2.05) is 0 Å². The maximum atomic E-state index is 11.3. The Morgan fingerprint density at radius 2 is 2.17 bits per heavy atom. The van der Waals surface area contributed by atoms with Crippen molar-refractivity contribution in [2.24, 2.45) is 0 Å². The summed E-state index contributed by atoms with van der Waals surface area (Å²) in [5, 5.41) is 4.09. The average Bonchev–Trinajstić information content (AvgIpc) is 2.64. The third-order valence-electron chi connectivity index (χ3n) is 2.16. The lowest BCUT2D eigenvalue weighted by Crippen LogP contribution is -2.11. The second-order valence-electron chi connectivity index (χ2n) is 4.69. The summed E-state index contributed by atoms with van der Waals surface area (Å²) in [7, 11) is 0.793. The van der Waals surface area contributed by atoms with Gasteiger partial charge < -0.3 is 9.47 Å². The van der Waals surface area contributed by atoms with Crippen molar-refractivity contribution in [2.45, 2.75) is 6.73 Å². The lowest BCUT2D eigenvalue weighted by molar-refractivity contribution is 0.0583. The molecule has 0 spiro atoms. The van der Waals surface area contributed by atoms with Crippen molar-refractivity contribution in [3.8, 4) is 0 Å². The minimum absolute atomic E-state index is 0.266. The fourth-order valence-electron chi connectivity index (χ4n) is 1.17. The molecular weight excluding hydrogens is 320 g/mol. The molecular formula is C11H19BrN2O3S. The molecule has 0 fully saturated rings. The zero-order chi connectivity index (χ0) is 13.8. The van der Waals surface area contributed by atoms with Gasteiger partial charge in [-0.1, -0.05) is 0 Å². The Morgan fingerprint density at radius 3 is 2.72 bits per heavy atom. The highest BCUT2D eigenvalue weighted by molar-refractivity contribution is 9.10. The Morgan fingerprint density at radius 1 is 1.50 bits per heavy atom. The summed E-state index contributed by atoms with van der Waals surface area (Å²) in [5.74, 6) is 0.596. The fraction of sp³-hybridized carbons (Fsp3) is 0.636. The van der Waals surface area contributed by atoms with E-state index in [9.17, 15) is 4.79 Å². The van der Waals surface area contributed by atoms with E-state index in [2.05, 4.69) is 44.5 Å². The maximum absolute atomic E-state index is 11.3. The molecule has 0 aliphatic heterocycles. The van der Waals surface area contributed by atoms with E-state index in [0.717, 1.165) is 5.75 Å². The van der Waals surface area contributed by atoms with Gasteiger partial charge in [0.15, 0.2) is 5.69 Å². The van der Waals surface area contributed by atoms with Crippen molar-refractivity contribution in [2.75, 3.05) is 38.2 Å². The second kappa shape index (κ2) is 6.58. The summed E-state index contributed by atoms with van der Waals surface area (Å²) < 4.78 is 12.3. The molecule has 0 aliphatic carbocycles. The first-order valence-corrected chi connectivity index (χ1v) is 9.20. The predicted octanol–water partition coefficient (Wildman–Crippen LogP) is 2.10. The van der Waals surface area contributed by atoms with Crippen molar-refractivity contribution in [1.29, 1.82) is 0 Å². The highest BCUT2D eigenvalue weighted by Crippen LogP contribution is 2.33. The summed E-state index contributed by atoms with van der Waals surface area (Å²) >= 11 is 3.26. The second-order valence-corrected chi connectivity index (χ2v) is 10.1. The van der Waals surface area contributed by atoms with Gasteiger partial charge >= 0.3 is 5.97 Å². The number of carbonyl (C=O) groups excluding carboxylic acids is 1. The summed E-state index contributed by atoms with van der Waals surface area (Å²) in [5.41, 5.74) is 0.266. The van der Waals surface area contributed by atoms with Crippen LogP contribution >= 0.6 is 26.0 Å². The SMILES string of the molecule is COC(=O)c1nn(COCCS(C)(C)C)cc1Br. The zero-order valence-corrected chi connectivity index (χ0v) is 13.5. The van der Waals surface area contributed by atoms with Crippen LogP contribution in [-0.2, 0) is 16.2 Å².